The molecule has 0 aliphatic carbocycles. The second kappa shape index (κ2) is 15.3. The fourth-order valence-electron chi connectivity index (χ4n) is 7.62. The van der Waals surface area contributed by atoms with E-state index in [1.807, 2.05) is 34.1 Å². The normalized spacial score (nSPS) is 21.4. The van der Waals surface area contributed by atoms with Gasteiger partial charge in [0.1, 0.15) is 12.3 Å². The number of nitrogens with zero attached hydrogens (tertiary/aromatic N) is 4. The second-order valence-electron chi connectivity index (χ2n) is 13.6. The third kappa shape index (κ3) is 8.65. The zero-order valence-corrected chi connectivity index (χ0v) is 27.6. The first-order chi connectivity index (χ1) is 23.5. The number of hydrogen-bond acceptors (Lipinski definition) is 6. The lowest BCUT2D eigenvalue weighted by atomic mass is 9.98. The molecule has 266 valence electrons. The zero-order chi connectivity index (χ0) is 34.5. The molecule has 4 aliphatic rings. The maximum Gasteiger partial charge on any atom is 0.416 e. The summed E-state index contributed by atoms with van der Waals surface area (Å²) < 4.78 is 39.1. The van der Waals surface area contributed by atoms with Gasteiger partial charge in [0.05, 0.1) is 5.56 Å². The molecular formula is C35H46F3N7O4. The van der Waals surface area contributed by atoms with E-state index >= 15 is 0 Å². The Kier molecular flexibility index (Phi) is 10.9. The van der Waals surface area contributed by atoms with Crippen molar-refractivity contribution >= 4 is 29.3 Å². The highest BCUT2D eigenvalue weighted by atomic mass is 19.4. The number of para-hydroxylation sites is 1. The standard InChI is InChI=1S/C35H46F3N7O4/c36-35(37,38)25-8-10-26(11-9-25)39-33(48)40-30(32(47)44-20-12-27(13-21-44)42-16-4-1-5-17-42)22-31(46)43-18-14-28(15-19-43)45-23-24-6-2-3-7-29(24)41-34(45)49/h2-3,6-11,27-28,30-31,46H,1,4-5,12-23H2,(H,41,49)(H2,39,40,48)/t30-,31?/m0/s1. The van der Waals surface area contributed by atoms with E-state index in [0.29, 0.717) is 51.6 Å². The Morgan fingerprint density at radius 3 is 2.20 bits per heavy atom. The van der Waals surface area contributed by atoms with Gasteiger partial charge < -0.3 is 35.8 Å². The molecule has 0 bridgehead atoms. The molecule has 3 saturated heterocycles. The number of alkyl halides is 3. The largest absolute Gasteiger partial charge is 0.416 e. The van der Waals surface area contributed by atoms with Crippen molar-refractivity contribution in [1.82, 2.24) is 24.9 Å². The third-order valence-corrected chi connectivity index (χ3v) is 10.4. The highest BCUT2D eigenvalue weighted by Crippen LogP contribution is 2.31. The summed E-state index contributed by atoms with van der Waals surface area (Å²) in [6, 6.07) is 10.2. The van der Waals surface area contributed by atoms with E-state index in [9.17, 15) is 32.7 Å². The smallest absolute Gasteiger partial charge is 0.378 e. The van der Waals surface area contributed by atoms with Gasteiger partial charge in [0, 0.05) is 62.6 Å². The molecule has 0 saturated carbocycles. The van der Waals surface area contributed by atoms with Gasteiger partial charge in [0.15, 0.2) is 0 Å². The molecule has 1 unspecified atom stereocenters. The summed E-state index contributed by atoms with van der Waals surface area (Å²) in [6.45, 7) is 4.74. The number of likely N-dealkylation sites (tertiary alicyclic amines) is 3. The van der Waals surface area contributed by atoms with E-state index in [-0.39, 0.29) is 30.1 Å². The zero-order valence-electron chi connectivity index (χ0n) is 27.6. The van der Waals surface area contributed by atoms with Gasteiger partial charge in [0.2, 0.25) is 5.91 Å². The van der Waals surface area contributed by atoms with Gasteiger partial charge in [0.25, 0.3) is 0 Å². The third-order valence-electron chi connectivity index (χ3n) is 10.4. The predicted molar refractivity (Wildman–Crippen MR) is 179 cm³/mol. The van der Waals surface area contributed by atoms with Gasteiger partial charge in [-0.05, 0) is 87.5 Å². The van der Waals surface area contributed by atoms with E-state index in [0.717, 1.165) is 61.4 Å². The Hall–Kier alpha value is -3.88. The van der Waals surface area contributed by atoms with Crippen LogP contribution in [0, 0.1) is 0 Å². The average Bonchev–Trinajstić information content (AvgIpc) is 3.11. The van der Waals surface area contributed by atoms with Crippen LogP contribution in [-0.4, -0.2) is 106 Å². The average molecular weight is 686 g/mol. The van der Waals surface area contributed by atoms with Gasteiger partial charge in [-0.2, -0.15) is 13.2 Å². The first-order valence-electron chi connectivity index (χ1n) is 17.4. The lowest BCUT2D eigenvalue weighted by Gasteiger charge is -2.43. The van der Waals surface area contributed by atoms with Crippen molar-refractivity contribution in [1.29, 1.82) is 0 Å². The number of anilines is 2. The van der Waals surface area contributed by atoms with Crippen LogP contribution in [0.1, 0.15) is 62.5 Å². The molecule has 3 fully saturated rings. The van der Waals surface area contributed by atoms with Crippen molar-refractivity contribution in [3.8, 4) is 0 Å². The van der Waals surface area contributed by atoms with Crippen LogP contribution in [0.2, 0.25) is 0 Å². The van der Waals surface area contributed by atoms with E-state index in [1.54, 1.807) is 4.90 Å². The molecular weight excluding hydrogens is 639 g/mol. The fraction of sp³-hybridized carbons (Fsp3) is 0.571. The Bertz CT molecular complexity index is 1450. The summed E-state index contributed by atoms with van der Waals surface area (Å²) in [7, 11) is 0. The number of carbonyl (C=O) groups excluding carboxylic acids is 3. The van der Waals surface area contributed by atoms with Crippen molar-refractivity contribution in [3.05, 3.63) is 59.7 Å². The number of aliphatic hydroxyl groups is 1. The molecule has 4 aliphatic heterocycles. The molecule has 2 atom stereocenters. The van der Waals surface area contributed by atoms with Crippen LogP contribution in [-0.2, 0) is 17.5 Å². The Morgan fingerprint density at radius 2 is 1.53 bits per heavy atom. The van der Waals surface area contributed by atoms with Crippen LogP contribution in [0.5, 0.6) is 0 Å². The van der Waals surface area contributed by atoms with Crippen molar-refractivity contribution in [3.63, 3.8) is 0 Å². The Labute approximate surface area is 284 Å². The van der Waals surface area contributed by atoms with Gasteiger partial charge in [-0.25, -0.2) is 9.59 Å². The van der Waals surface area contributed by atoms with Gasteiger partial charge in [-0.1, -0.05) is 24.6 Å². The first kappa shape index (κ1) is 35.0. The SMILES string of the molecule is O=C(Nc1ccc(C(F)(F)F)cc1)N[C@@H](CC(O)N1CCC(N2Cc3ccccc3NC2=O)CC1)C(=O)N1CCC(N2CCCCC2)CC1. The molecule has 14 heteroatoms. The first-order valence-corrected chi connectivity index (χ1v) is 17.4. The lowest BCUT2D eigenvalue weighted by molar-refractivity contribution is -0.138. The molecule has 11 nitrogen and oxygen atoms in total. The topological polar surface area (TPSA) is 120 Å². The van der Waals surface area contributed by atoms with Crippen molar-refractivity contribution < 1.29 is 32.7 Å². The van der Waals surface area contributed by atoms with E-state index in [2.05, 4.69) is 20.9 Å². The molecule has 0 radical (unpaired) electrons. The van der Waals surface area contributed by atoms with Gasteiger partial charge in [-0.3, -0.25) is 9.69 Å². The van der Waals surface area contributed by atoms with E-state index in [1.165, 1.54) is 19.3 Å². The van der Waals surface area contributed by atoms with Crippen molar-refractivity contribution in [2.24, 2.45) is 0 Å². The van der Waals surface area contributed by atoms with Gasteiger partial charge >= 0.3 is 18.2 Å². The number of aliphatic hydroxyl groups excluding tert-OH is 1. The van der Waals surface area contributed by atoms with Crippen LogP contribution < -0.4 is 16.0 Å². The minimum absolute atomic E-state index is 0.0110. The summed E-state index contributed by atoms with van der Waals surface area (Å²) in [5.41, 5.74) is 1.17. The van der Waals surface area contributed by atoms with Crippen LogP contribution in [0.15, 0.2) is 48.5 Å². The molecule has 0 aromatic heterocycles. The van der Waals surface area contributed by atoms with Crippen LogP contribution in [0.3, 0.4) is 0 Å². The maximum atomic E-state index is 13.9. The van der Waals surface area contributed by atoms with Crippen LogP contribution in [0.25, 0.3) is 0 Å². The second-order valence-corrected chi connectivity index (χ2v) is 13.6. The molecule has 2 aromatic carbocycles. The number of carbonyl (C=O) groups is 3. The highest BCUT2D eigenvalue weighted by molar-refractivity contribution is 5.94. The number of nitrogens with one attached hydrogen (secondary N) is 3. The summed E-state index contributed by atoms with van der Waals surface area (Å²) in [5.74, 6) is -0.294. The summed E-state index contributed by atoms with van der Waals surface area (Å²) in [5, 5.41) is 19.6. The molecule has 4 heterocycles. The molecule has 6 rings (SSSR count). The summed E-state index contributed by atoms with van der Waals surface area (Å²) in [6.07, 6.45) is 0.959. The number of amides is 5. The summed E-state index contributed by atoms with van der Waals surface area (Å²) in [4.78, 5) is 47.8. The molecule has 5 amide bonds. The molecule has 49 heavy (non-hydrogen) atoms. The fourth-order valence-corrected chi connectivity index (χ4v) is 7.62. The quantitative estimate of drug-likeness (QED) is 0.314. The molecule has 4 N–H and O–H groups in total. The maximum absolute atomic E-state index is 13.9. The molecule has 0 spiro atoms. The van der Waals surface area contributed by atoms with Gasteiger partial charge in [-0.15, -0.1) is 0 Å². The summed E-state index contributed by atoms with van der Waals surface area (Å²) >= 11 is 0. The van der Waals surface area contributed by atoms with Crippen molar-refractivity contribution in [2.45, 2.75) is 88.4 Å². The number of urea groups is 2. The minimum Gasteiger partial charge on any atom is -0.378 e. The van der Waals surface area contributed by atoms with Crippen LogP contribution in [0.4, 0.5) is 34.1 Å². The van der Waals surface area contributed by atoms with Crippen LogP contribution >= 0.6 is 0 Å². The number of fused-ring (bicyclic) bond motifs is 1. The minimum atomic E-state index is -4.50. The number of piperidine rings is 3. The van der Waals surface area contributed by atoms with E-state index in [4.69, 9.17) is 0 Å². The van der Waals surface area contributed by atoms with E-state index < -0.39 is 30.0 Å². The number of halogens is 3. The Balaban J connectivity index is 1.07. The Morgan fingerprint density at radius 1 is 0.878 bits per heavy atom. The number of benzene rings is 2. The highest BCUT2D eigenvalue weighted by Gasteiger charge is 2.37. The molecule has 2 aromatic rings. The number of rotatable bonds is 8. The monoisotopic (exact) mass is 685 g/mol. The lowest BCUT2D eigenvalue weighted by Crippen LogP contribution is -2.56. The predicted octanol–water partition coefficient (Wildman–Crippen LogP) is 4.89. The number of hydrogen-bond donors (Lipinski definition) is 4. The van der Waals surface area contributed by atoms with Crippen molar-refractivity contribution in [2.75, 3.05) is 49.9 Å².